The summed E-state index contributed by atoms with van der Waals surface area (Å²) in [6, 6.07) is 6.33. The number of hydrogen-bond donors (Lipinski definition) is 1. The van der Waals surface area contributed by atoms with Crippen molar-refractivity contribution in [2.75, 3.05) is 20.2 Å². The molecule has 1 aromatic carbocycles. The lowest BCUT2D eigenvalue weighted by Crippen LogP contribution is -2.52. The summed E-state index contributed by atoms with van der Waals surface area (Å²) in [6.45, 7) is 2.63. The Morgan fingerprint density at radius 1 is 1.18 bits per heavy atom. The van der Waals surface area contributed by atoms with Crippen molar-refractivity contribution in [2.45, 2.75) is 50.7 Å². The van der Waals surface area contributed by atoms with Crippen LogP contribution in [0.2, 0.25) is 0 Å². The summed E-state index contributed by atoms with van der Waals surface area (Å²) >= 11 is 0. The molecule has 2 saturated heterocycles. The molecule has 1 unspecified atom stereocenters. The van der Waals surface area contributed by atoms with E-state index in [1.165, 1.54) is 11.0 Å². The highest BCUT2D eigenvalue weighted by molar-refractivity contribution is 6.05. The monoisotopic (exact) mass is 466 g/mol. The second-order valence-electron chi connectivity index (χ2n) is 9.15. The second-order valence-corrected chi connectivity index (χ2v) is 9.15. The first kappa shape index (κ1) is 22.5. The zero-order chi connectivity index (χ0) is 23.8. The molecule has 8 nitrogen and oxygen atoms in total. The largest absolute Gasteiger partial charge is 0.481 e. The third-order valence-corrected chi connectivity index (χ3v) is 7.11. The minimum atomic E-state index is -0.697. The number of rotatable bonds is 5. The minimum Gasteiger partial charge on any atom is -0.481 e. The molecule has 1 aromatic heterocycles. The number of imide groups is 1. The van der Waals surface area contributed by atoms with Crippen molar-refractivity contribution in [1.29, 1.82) is 0 Å². The van der Waals surface area contributed by atoms with E-state index >= 15 is 4.39 Å². The number of amides is 3. The Kier molecular flexibility index (Phi) is 6.03. The Balaban J connectivity index is 1.27. The predicted molar refractivity (Wildman–Crippen MR) is 120 cm³/mol. The fraction of sp³-hybridized carbons (Fsp3) is 0.440. The lowest BCUT2D eigenvalue weighted by Gasteiger charge is -2.32. The van der Waals surface area contributed by atoms with Crippen LogP contribution in [0.3, 0.4) is 0 Å². The van der Waals surface area contributed by atoms with E-state index in [4.69, 9.17) is 4.74 Å². The molecule has 2 aromatic rings. The first-order valence-electron chi connectivity index (χ1n) is 11.6. The maximum absolute atomic E-state index is 15.1. The number of pyridine rings is 1. The Labute approximate surface area is 197 Å². The summed E-state index contributed by atoms with van der Waals surface area (Å²) in [5.74, 6) is -0.820. The molecular formula is C25H27FN4O4. The first-order chi connectivity index (χ1) is 16.4. The number of methoxy groups -OCH3 is 1. The number of aromatic nitrogens is 1. The van der Waals surface area contributed by atoms with Crippen molar-refractivity contribution in [3.63, 3.8) is 0 Å². The summed E-state index contributed by atoms with van der Waals surface area (Å²) in [7, 11) is 1.61. The van der Waals surface area contributed by atoms with Gasteiger partial charge in [-0.2, -0.15) is 0 Å². The van der Waals surface area contributed by atoms with E-state index < -0.39 is 11.9 Å². The number of carbonyl (C=O) groups excluding carboxylic acids is 3. The molecule has 0 aliphatic carbocycles. The van der Waals surface area contributed by atoms with Gasteiger partial charge in [-0.1, -0.05) is 12.1 Å². The van der Waals surface area contributed by atoms with E-state index in [9.17, 15) is 14.4 Å². The Hall–Kier alpha value is -3.33. The van der Waals surface area contributed by atoms with Gasteiger partial charge in [-0.15, -0.1) is 0 Å². The molecule has 5 rings (SSSR count). The van der Waals surface area contributed by atoms with Gasteiger partial charge in [-0.3, -0.25) is 24.6 Å². The van der Waals surface area contributed by atoms with Crippen LogP contribution in [0, 0.1) is 5.82 Å². The molecule has 1 atom stereocenters. The molecule has 4 heterocycles. The van der Waals surface area contributed by atoms with Gasteiger partial charge in [0.05, 0.1) is 7.11 Å². The number of benzene rings is 1. The number of nitrogens with zero attached hydrogens (tertiary/aromatic N) is 3. The molecule has 2 fully saturated rings. The number of fused-ring (bicyclic) bond motifs is 1. The van der Waals surface area contributed by atoms with Crippen LogP contribution in [0.15, 0.2) is 30.5 Å². The average Bonchev–Trinajstić information content (AvgIpc) is 3.14. The lowest BCUT2D eigenvalue weighted by atomic mass is 9.87. The zero-order valence-corrected chi connectivity index (χ0v) is 19.1. The fourth-order valence-corrected chi connectivity index (χ4v) is 5.29. The van der Waals surface area contributed by atoms with Crippen LogP contribution in [0.1, 0.15) is 58.6 Å². The van der Waals surface area contributed by atoms with Crippen molar-refractivity contribution in [2.24, 2.45) is 0 Å². The summed E-state index contributed by atoms with van der Waals surface area (Å²) in [5.41, 5.74) is 2.72. The molecule has 1 N–H and O–H groups in total. The predicted octanol–water partition coefficient (Wildman–Crippen LogP) is 2.37. The number of piperidine rings is 2. The number of nitrogens with one attached hydrogen (secondary N) is 1. The molecule has 0 bridgehead atoms. The summed E-state index contributed by atoms with van der Waals surface area (Å²) in [6.07, 6.45) is 3.81. The fourth-order valence-electron chi connectivity index (χ4n) is 5.29. The van der Waals surface area contributed by atoms with Crippen LogP contribution in [-0.4, -0.2) is 58.7 Å². The van der Waals surface area contributed by atoms with Crippen LogP contribution >= 0.6 is 0 Å². The first-order valence-corrected chi connectivity index (χ1v) is 11.6. The summed E-state index contributed by atoms with van der Waals surface area (Å²) in [5, 5.41) is 2.29. The SMILES string of the molecule is COc1ncccc1CN1CCC(c2cc3c(cc2F)C(=O)N(C2CCC(=O)NC2=O)C3)CC1. The lowest BCUT2D eigenvalue weighted by molar-refractivity contribution is -0.136. The van der Waals surface area contributed by atoms with Gasteiger partial charge in [-0.25, -0.2) is 9.37 Å². The van der Waals surface area contributed by atoms with Gasteiger partial charge >= 0.3 is 0 Å². The number of hydrogen-bond acceptors (Lipinski definition) is 6. The van der Waals surface area contributed by atoms with E-state index in [2.05, 4.69) is 15.2 Å². The van der Waals surface area contributed by atoms with Gasteiger partial charge in [-0.05, 0) is 61.5 Å². The van der Waals surface area contributed by atoms with Crippen molar-refractivity contribution >= 4 is 17.7 Å². The molecule has 3 aliphatic heterocycles. The van der Waals surface area contributed by atoms with E-state index in [1.54, 1.807) is 19.4 Å². The molecule has 34 heavy (non-hydrogen) atoms. The van der Waals surface area contributed by atoms with E-state index in [0.29, 0.717) is 23.4 Å². The summed E-state index contributed by atoms with van der Waals surface area (Å²) in [4.78, 5) is 44.6. The van der Waals surface area contributed by atoms with Crippen molar-refractivity contribution in [3.8, 4) is 5.88 Å². The van der Waals surface area contributed by atoms with Crippen LogP contribution < -0.4 is 10.1 Å². The molecule has 178 valence electrons. The molecule has 3 amide bonds. The smallest absolute Gasteiger partial charge is 0.255 e. The third-order valence-electron chi connectivity index (χ3n) is 7.11. The highest BCUT2D eigenvalue weighted by Gasteiger charge is 2.40. The molecule has 9 heteroatoms. The van der Waals surface area contributed by atoms with Crippen LogP contribution in [0.5, 0.6) is 5.88 Å². The van der Waals surface area contributed by atoms with Crippen LogP contribution in [-0.2, 0) is 22.7 Å². The van der Waals surface area contributed by atoms with Gasteiger partial charge in [0, 0.05) is 36.8 Å². The topological polar surface area (TPSA) is 91.8 Å². The Morgan fingerprint density at radius 3 is 2.71 bits per heavy atom. The van der Waals surface area contributed by atoms with Crippen molar-refractivity contribution in [3.05, 3.63) is 58.5 Å². The number of likely N-dealkylation sites (tertiary alicyclic amines) is 1. The second kappa shape index (κ2) is 9.13. The van der Waals surface area contributed by atoms with Gasteiger partial charge in [0.1, 0.15) is 11.9 Å². The van der Waals surface area contributed by atoms with Crippen molar-refractivity contribution in [1.82, 2.24) is 20.1 Å². The molecular weight excluding hydrogens is 439 g/mol. The third kappa shape index (κ3) is 4.16. The van der Waals surface area contributed by atoms with E-state index in [-0.39, 0.29) is 36.5 Å². The van der Waals surface area contributed by atoms with Gasteiger partial charge in [0.2, 0.25) is 17.7 Å². The minimum absolute atomic E-state index is 0.0668. The van der Waals surface area contributed by atoms with Gasteiger partial charge < -0.3 is 9.64 Å². The van der Waals surface area contributed by atoms with Gasteiger partial charge in [0.15, 0.2) is 0 Å². The van der Waals surface area contributed by atoms with Gasteiger partial charge in [0.25, 0.3) is 5.91 Å². The number of ether oxygens (including phenoxy) is 1. The maximum Gasteiger partial charge on any atom is 0.255 e. The van der Waals surface area contributed by atoms with Crippen molar-refractivity contribution < 1.29 is 23.5 Å². The number of halogens is 1. The number of carbonyl (C=O) groups is 3. The van der Waals surface area contributed by atoms with E-state index in [1.807, 2.05) is 12.1 Å². The Morgan fingerprint density at radius 2 is 1.97 bits per heavy atom. The standard InChI is InChI=1S/C25H27FN4O4/c1-34-24-16(3-2-8-27-24)13-29-9-6-15(7-10-29)18-11-17-14-30(25(33)19(17)12-20(18)26)21-4-5-22(31)28-23(21)32/h2-3,8,11-12,15,21H,4-7,9-10,13-14H2,1H3,(H,28,31,32). The van der Waals surface area contributed by atoms with Crippen LogP contribution in [0.25, 0.3) is 0 Å². The summed E-state index contributed by atoms with van der Waals surface area (Å²) < 4.78 is 20.5. The highest BCUT2D eigenvalue weighted by atomic mass is 19.1. The zero-order valence-electron chi connectivity index (χ0n) is 19.1. The average molecular weight is 467 g/mol. The molecule has 3 aliphatic rings. The maximum atomic E-state index is 15.1. The Bertz CT molecular complexity index is 1150. The molecule has 0 radical (unpaired) electrons. The van der Waals surface area contributed by atoms with Crippen LogP contribution in [0.4, 0.5) is 4.39 Å². The molecule has 0 spiro atoms. The normalized spacial score (nSPS) is 21.5. The molecule has 0 saturated carbocycles. The quantitative estimate of drug-likeness (QED) is 0.681. The highest BCUT2D eigenvalue weighted by Crippen LogP contribution is 2.36. The van der Waals surface area contributed by atoms with E-state index in [0.717, 1.165) is 43.6 Å².